The molecule has 12 heteroatoms. The fourth-order valence-corrected chi connectivity index (χ4v) is 3.96. The molecule has 0 amide bonds. The smallest absolute Gasteiger partial charge is 0.338 e. The average molecular weight is 510 g/mol. The second-order valence-corrected chi connectivity index (χ2v) is 11.5. The highest BCUT2D eigenvalue weighted by Crippen LogP contribution is 2.48. The summed E-state index contributed by atoms with van der Waals surface area (Å²) in [5, 5.41) is 0. The van der Waals surface area contributed by atoms with Gasteiger partial charge in [-0.2, -0.15) is 0 Å². The second-order valence-electron chi connectivity index (χ2n) is 8.37. The lowest BCUT2D eigenvalue weighted by Crippen LogP contribution is -2.41. The Hall–Kier alpha value is -2.85. The third kappa shape index (κ3) is 6.43. The first-order valence-electron chi connectivity index (χ1n) is 10.8. The number of carbonyl (C=O) groups excluding carboxylic acids is 1. The number of rotatable bonds is 9. The Balaban J connectivity index is 2.07. The maximum Gasteiger partial charge on any atom is 0.338 e. The minimum absolute atomic E-state index is 0.0382. The van der Waals surface area contributed by atoms with Crippen molar-refractivity contribution in [1.29, 1.82) is 0 Å². The Labute approximate surface area is 201 Å². The number of H-pyrrole nitrogens is 1. The van der Waals surface area contributed by atoms with E-state index in [0.29, 0.717) is 0 Å². The summed E-state index contributed by atoms with van der Waals surface area (Å²) < 4.78 is 50.7. The van der Waals surface area contributed by atoms with Crippen LogP contribution in [0.15, 0.2) is 57.8 Å². The Kier molecular flexibility index (Phi) is 8.60. The van der Waals surface area contributed by atoms with E-state index in [-0.39, 0.29) is 24.3 Å². The van der Waals surface area contributed by atoms with E-state index in [0.717, 1.165) is 10.6 Å². The van der Waals surface area contributed by atoms with E-state index in [1.54, 1.807) is 30.3 Å². The molecule has 0 bridgehead atoms. The van der Waals surface area contributed by atoms with Crippen LogP contribution < -0.4 is 11.2 Å². The molecule has 0 radical (unpaired) electrons. The molecule has 35 heavy (non-hydrogen) atoms. The molecular formula is C23H28FN2O8P. The number of ether oxygens (including phenoxy) is 4. The molecule has 1 aliphatic heterocycles. The molecular weight excluding hydrogens is 482 g/mol. The van der Waals surface area contributed by atoms with E-state index in [1.807, 2.05) is 0 Å². The minimum Gasteiger partial charge on any atom is -0.453 e. The van der Waals surface area contributed by atoms with Crippen LogP contribution >= 0.6 is 7.14 Å². The van der Waals surface area contributed by atoms with Gasteiger partial charge in [-0.05, 0) is 38.5 Å². The summed E-state index contributed by atoms with van der Waals surface area (Å²) in [5.74, 6) is -0.722. The Morgan fingerprint density at radius 3 is 2.51 bits per heavy atom. The first-order chi connectivity index (χ1) is 16.5. The lowest BCUT2D eigenvalue weighted by molar-refractivity contribution is -0.0812. The summed E-state index contributed by atoms with van der Waals surface area (Å²) in [5.41, 5.74) is -1.83. The van der Waals surface area contributed by atoms with Crippen LogP contribution in [0.5, 0.6) is 0 Å². The monoisotopic (exact) mass is 510 g/mol. The summed E-state index contributed by atoms with van der Waals surface area (Å²) in [6, 6.07) is 8.13. The molecule has 190 valence electrons. The molecule has 2 heterocycles. The van der Waals surface area contributed by atoms with E-state index in [1.165, 1.54) is 33.6 Å². The number of nitrogens with one attached hydrogen (secondary N) is 1. The zero-order valence-corrected chi connectivity index (χ0v) is 20.7. The predicted molar refractivity (Wildman–Crippen MR) is 126 cm³/mol. The molecule has 1 fully saturated rings. The van der Waals surface area contributed by atoms with Gasteiger partial charge in [0, 0.05) is 18.9 Å². The van der Waals surface area contributed by atoms with Gasteiger partial charge in [0.2, 0.25) is 0 Å². The molecule has 1 N–H and O–H groups in total. The fraction of sp³-hybridized carbons (Fsp3) is 0.435. The summed E-state index contributed by atoms with van der Waals surface area (Å²) in [7, 11) is -1.82. The van der Waals surface area contributed by atoms with Gasteiger partial charge in [-0.25, -0.2) is 14.0 Å². The summed E-state index contributed by atoms with van der Waals surface area (Å²) in [6.45, 7) is 4.21. The number of aryl methyl sites for hydroxylation is 1. The average Bonchev–Trinajstić information content (AvgIpc) is 3.13. The van der Waals surface area contributed by atoms with Gasteiger partial charge >= 0.3 is 11.7 Å². The molecule has 0 saturated carbocycles. The van der Waals surface area contributed by atoms with E-state index in [4.69, 9.17) is 18.9 Å². The van der Waals surface area contributed by atoms with Crippen molar-refractivity contribution in [2.24, 2.45) is 0 Å². The summed E-state index contributed by atoms with van der Waals surface area (Å²) in [4.78, 5) is 39.5. The van der Waals surface area contributed by atoms with Gasteiger partial charge in [-0.3, -0.25) is 14.3 Å². The number of aromatic nitrogens is 2. The number of halogens is 1. The molecule has 10 nitrogen and oxygen atoms in total. The summed E-state index contributed by atoms with van der Waals surface area (Å²) in [6.07, 6.45) is -2.51. The molecule has 0 aliphatic carbocycles. The van der Waals surface area contributed by atoms with E-state index < -0.39 is 54.5 Å². The first-order valence-corrected chi connectivity index (χ1v) is 13.4. The molecule has 1 aromatic carbocycles. The zero-order chi connectivity index (χ0) is 25.8. The third-order valence-electron chi connectivity index (χ3n) is 5.31. The molecule has 4 atom stereocenters. The van der Waals surface area contributed by atoms with Crippen molar-refractivity contribution in [1.82, 2.24) is 9.55 Å². The number of hydrogen-bond acceptors (Lipinski definition) is 8. The highest BCUT2D eigenvalue weighted by atomic mass is 31.2. The van der Waals surface area contributed by atoms with Crippen LogP contribution in [0.2, 0.25) is 0 Å². The van der Waals surface area contributed by atoms with Crippen LogP contribution in [0.1, 0.15) is 22.1 Å². The number of methoxy groups -OCH3 is 1. The number of carbonyl (C=O) groups is 1. The van der Waals surface area contributed by atoms with Gasteiger partial charge in [0.1, 0.15) is 19.3 Å². The number of aromatic amines is 1. The summed E-state index contributed by atoms with van der Waals surface area (Å²) >= 11 is 0. The lowest BCUT2D eigenvalue weighted by atomic mass is 10.1. The van der Waals surface area contributed by atoms with E-state index in [2.05, 4.69) is 4.98 Å². The highest BCUT2D eigenvalue weighted by Gasteiger charge is 2.49. The second kappa shape index (κ2) is 11.3. The van der Waals surface area contributed by atoms with Crippen LogP contribution in [0.25, 0.3) is 0 Å². The van der Waals surface area contributed by atoms with Gasteiger partial charge < -0.3 is 23.5 Å². The predicted octanol–water partition coefficient (Wildman–Crippen LogP) is 2.43. The maximum absolute atomic E-state index is 14.8. The van der Waals surface area contributed by atoms with Crippen LogP contribution in [0.4, 0.5) is 4.39 Å². The topological polar surface area (TPSA) is 126 Å². The van der Waals surface area contributed by atoms with Crippen molar-refractivity contribution < 1.29 is 32.7 Å². The number of esters is 1. The SMILES string of the molecule is COCCO[C@@H]1[C@H](OC(=O)c2ccccc2)[C@@H](/C=C(/F)P(C)(C)=O)O[C@H]1n1cc(C)c(=O)[nH]c1=O. The van der Waals surface area contributed by atoms with Crippen LogP contribution in [0, 0.1) is 6.92 Å². The molecule has 1 aromatic heterocycles. The third-order valence-corrected chi connectivity index (χ3v) is 6.49. The molecule has 1 saturated heterocycles. The molecule has 0 unspecified atom stereocenters. The van der Waals surface area contributed by atoms with Crippen molar-refractivity contribution in [2.45, 2.75) is 31.5 Å². The van der Waals surface area contributed by atoms with E-state index >= 15 is 0 Å². The number of nitrogens with zero attached hydrogens (tertiary/aromatic N) is 1. The van der Waals surface area contributed by atoms with Gasteiger partial charge in [0.05, 0.1) is 18.8 Å². The van der Waals surface area contributed by atoms with Gasteiger partial charge in [-0.15, -0.1) is 0 Å². The molecule has 1 aliphatic rings. The van der Waals surface area contributed by atoms with Crippen molar-refractivity contribution in [3.05, 3.63) is 80.1 Å². The minimum atomic E-state index is -3.29. The van der Waals surface area contributed by atoms with Crippen molar-refractivity contribution in [3.63, 3.8) is 0 Å². The van der Waals surface area contributed by atoms with Gasteiger partial charge in [-0.1, -0.05) is 18.2 Å². The van der Waals surface area contributed by atoms with Crippen LogP contribution in [-0.4, -0.2) is 67.5 Å². The van der Waals surface area contributed by atoms with Crippen molar-refractivity contribution >= 4 is 13.1 Å². The van der Waals surface area contributed by atoms with E-state index in [9.17, 15) is 23.3 Å². The maximum atomic E-state index is 14.8. The van der Waals surface area contributed by atoms with Crippen LogP contribution in [-0.2, 0) is 23.5 Å². The molecule has 2 aromatic rings. The van der Waals surface area contributed by atoms with Crippen LogP contribution in [0.3, 0.4) is 0 Å². The lowest BCUT2D eigenvalue weighted by Gasteiger charge is -2.25. The standard InChI is InChI=1S/C23H28FN2O8P/c1-14-13-26(23(29)25-20(14)27)21-19(32-11-10-31-2)18(16(33-21)12-17(24)35(3,4)30)34-22(28)15-8-6-5-7-9-15/h5-9,12-13,16,18-19,21H,10-11H2,1-4H3,(H,25,27,29)/b17-12-/t16-,18-,19-,21-/m1/s1. The first kappa shape index (κ1) is 26.7. The van der Waals surface area contributed by atoms with Gasteiger partial charge in [0.15, 0.2) is 17.9 Å². The molecule has 3 rings (SSSR count). The van der Waals surface area contributed by atoms with Crippen molar-refractivity contribution in [2.75, 3.05) is 33.7 Å². The van der Waals surface area contributed by atoms with Gasteiger partial charge in [0.25, 0.3) is 5.56 Å². The zero-order valence-electron chi connectivity index (χ0n) is 19.8. The Morgan fingerprint density at radius 2 is 1.89 bits per heavy atom. The van der Waals surface area contributed by atoms with Crippen molar-refractivity contribution in [3.8, 4) is 0 Å². The number of benzene rings is 1. The number of hydrogen-bond donors (Lipinski definition) is 1. The Bertz CT molecular complexity index is 1240. The molecule has 0 spiro atoms. The quantitative estimate of drug-likeness (QED) is 0.310. The largest absolute Gasteiger partial charge is 0.453 e. The highest BCUT2D eigenvalue weighted by molar-refractivity contribution is 7.66. The Morgan fingerprint density at radius 1 is 1.20 bits per heavy atom. The fourth-order valence-electron chi connectivity index (χ4n) is 3.46. The normalized spacial score (nSPS) is 22.8.